The zero-order chi connectivity index (χ0) is 22.7. The maximum absolute atomic E-state index is 6.59. The van der Waals surface area contributed by atoms with Crippen molar-refractivity contribution in [2.75, 3.05) is 18.0 Å². The fraction of sp³-hybridized carbons (Fsp3) is 0.478. The predicted octanol–water partition coefficient (Wildman–Crippen LogP) is 5.79. The number of pyridine rings is 1. The largest absolute Gasteiger partial charge is 0.462 e. The van der Waals surface area contributed by atoms with Crippen molar-refractivity contribution in [3.05, 3.63) is 47.0 Å². The van der Waals surface area contributed by atoms with Crippen molar-refractivity contribution in [2.24, 2.45) is 0 Å². The van der Waals surface area contributed by atoms with Crippen molar-refractivity contribution in [3.8, 4) is 5.69 Å². The number of aromatic nitrogens is 3. The highest BCUT2D eigenvalue weighted by molar-refractivity contribution is 6.47. The van der Waals surface area contributed by atoms with E-state index in [1.165, 1.54) is 0 Å². The van der Waals surface area contributed by atoms with E-state index in [-0.39, 0.29) is 24.1 Å². The molecule has 168 valence electrons. The lowest BCUT2D eigenvalue weighted by Gasteiger charge is -2.34. The van der Waals surface area contributed by atoms with E-state index in [2.05, 4.69) is 43.6 Å². The number of imidazole rings is 1. The number of anilines is 1. The number of fused-ring (bicyclic) bond motifs is 1. The summed E-state index contributed by atoms with van der Waals surface area (Å²) in [5, 5.41) is 1.89. The van der Waals surface area contributed by atoms with Crippen LogP contribution in [0.4, 0.5) is 5.82 Å². The Morgan fingerprint density at radius 1 is 1.12 bits per heavy atom. The number of hydrogen-bond acceptors (Lipinski definition) is 5. The molecule has 0 N–H and O–H groups in total. The first kappa shape index (κ1) is 22.0. The number of benzene rings is 1. The van der Waals surface area contributed by atoms with Gasteiger partial charge in [-0.3, -0.25) is 0 Å². The molecule has 0 saturated carbocycles. The summed E-state index contributed by atoms with van der Waals surface area (Å²) in [6, 6.07) is 5.86. The molecule has 2 aromatic heterocycles. The Morgan fingerprint density at radius 3 is 2.56 bits per heavy atom. The number of nitrogens with zero attached hydrogens (tertiary/aromatic N) is 4. The quantitative estimate of drug-likeness (QED) is 0.451. The Labute approximate surface area is 199 Å². The second-order valence-electron chi connectivity index (χ2n) is 9.70. The van der Waals surface area contributed by atoms with Gasteiger partial charge in [-0.15, -0.1) is 0 Å². The SMILES string of the molecule is CC1(C)OB(C2CCCN(c3cc(-n4ccnc4)c4ccc(Cl)c(Cl)c4n3)C2)OC1(C)C. The van der Waals surface area contributed by atoms with E-state index in [1.807, 2.05) is 22.9 Å². The molecule has 5 rings (SSSR count). The molecule has 0 aliphatic carbocycles. The van der Waals surface area contributed by atoms with Gasteiger partial charge < -0.3 is 18.8 Å². The summed E-state index contributed by atoms with van der Waals surface area (Å²) < 4.78 is 14.7. The average molecular weight is 473 g/mol. The van der Waals surface area contributed by atoms with Gasteiger partial charge in [0.25, 0.3) is 0 Å². The minimum Gasteiger partial charge on any atom is -0.403 e. The second-order valence-corrected chi connectivity index (χ2v) is 10.5. The summed E-state index contributed by atoms with van der Waals surface area (Å²) in [5.41, 5.74) is 0.997. The fourth-order valence-electron chi connectivity index (χ4n) is 4.50. The zero-order valence-corrected chi connectivity index (χ0v) is 20.3. The standard InChI is InChI=1S/C23H27BCl2N4O2/c1-22(2)23(3,4)32-24(31-22)15-6-5-10-29(13-15)19-12-18(30-11-9-27-14-30)16-7-8-17(25)20(26)21(16)28-19/h7-9,11-12,14-15H,5-6,10,13H2,1-4H3. The highest BCUT2D eigenvalue weighted by atomic mass is 35.5. The van der Waals surface area contributed by atoms with Crippen LogP contribution in [0.3, 0.4) is 0 Å². The number of rotatable bonds is 3. The van der Waals surface area contributed by atoms with Gasteiger partial charge >= 0.3 is 7.12 Å². The molecule has 32 heavy (non-hydrogen) atoms. The molecule has 1 unspecified atom stereocenters. The van der Waals surface area contributed by atoms with Crippen LogP contribution in [0.2, 0.25) is 15.9 Å². The summed E-state index contributed by atoms with van der Waals surface area (Å²) in [6.45, 7) is 10.1. The molecule has 2 aliphatic rings. The van der Waals surface area contributed by atoms with Crippen molar-refractivity contribution in [2.45, 2.75) is 57.6 Å². The average Bonchev–Trinajstić information content (AvgIpc) is 3.36. The normalized spacial score (nSPS) is 22.6. The van der Waals surface area contributed by atoms with Gasteiger partial charge in [0, 0.05) is 42.8 Å². The fourth-order valence-corrected chi connectivity index (χ4v) is 4.86. The lowest BCUT2D eigenvalue weighted by Crippen LogP contribution is -2.41. The van der Waals surface area contributed by atoms with Crippen molar-refractivity contribution in [1.82, 2.24) is 14.5 Å². The minimum atomic E-state index is -0.333. The second kappa shape index (κ2) is 7.91. The molecular formula is C23H27BCl2N4O2. The van der Waals surface area contributed by atoms with Crippen LogP contribution < -0.4 is 4.90 Å². The highest BCUT2D eigenvalue weighted by Crippen LogP contribution is 2.43. The van der Waals surface area contributed by atoms with Crippen LogP contribution in [0.15, 0.2) is 36.9 Å². The molecule has 0 amide bonds. The Balaban J connectivity index is 1.51. The molecule has 2 saturated heterocycles. The van der Waals surface area contributed by atoms with Crippen LogP contribution in [0.1, 0.15) is 40.5 Å². The van der Waals surface area contributed by atoms with Crippen LogP contribution >= 0.6 is 23.2 Å². The van der Waals surface area contributed by atoms with E-state index in [4.69, 9.17) is 37.5 Å². The topological polar surface area (TPSA) is 52.4 Å². The molecule has 6 nitrogen and oxygen atoms in total. The molecule has 2 aliphatic heterocycles. The Morgan fingerprint density at radius 2 is 1.88 bits per heavy atom. The summed E-state index contributed by atoms with van der Waals surface area (Å²) in [6.07, 6.45) is 7.56. The minimum absolute atomic E-state index is 0.227. The molecule has 1 atom stereocenters. The lowest BCUT2D eigenvalue weighted by molar-refractivity contribution is 0.00578. The summed E-state index contributed by atoms with van der Waals surface area (Å²) >= 11 is 12.9. The van der Waals surface area contributed by atoms with E-state index < -0.39 is 0 Å². The molecule has 3 aromatic rings. The molecule has 9 heteroatoms. The molecule has 0 radical (unpaired) electrons. The van der Waals surface area contributed by atoms with Gasteiger partial charge in [-0.25, -0.2) is 9.97 Å². The van der Waals surface area contributed by atoms with Gasteiger partial charge in [-0.1, -0.05) is 23.2 Å². The van der Waals surface area contributed by atoms with Crippen molar-refractivity contribution in [1.29, 1.82) is 0 Å². The first-order chi connectivity index (χ1) is 15.2. The van der Waals surface area contributed by atoms with E-state index in [1.54, 1.807) is 12.5 Å². The van der Waals surface area contributed by atoms with Crippen molar-refractivity contribution >= 4 is 47.0 Å². The smallest absolute Gasteiger partial charge is 0.403 e. The Bertz CT molecular complexity index is 1140. The molecule has 1 aromatic carbocycles. The Kier molecular flexibility index (Phi) is 5.44. The summed E-state index contributed by atoms with van der Waals surface area (Å²) in [5.74, 6) is 1.13. The third-order valence-electron chi connectivity index (χ3n) is 7.06. The molecular weight excluding hydrogens is 446 g/mol. The van der Waals surface area contributed by atoms with Gasteiger partial charge in [0.1, 0.15) is 5.82 Å². The van der Waals surface area contributed by atoms with Gasteiger partial charge in [-0.05, 0) is 52.7 Å². The van der Waals surface area contributed by atoms with Gasteiger partial charge in [-0.2, -0.15) is 0 Å². The van der Waals surface area contributed by atoms with E-state index >= 15 is 0 Å². The van der Waals surface area contributed by atoms with E-state index in [0.29, 0.717) is 15.6 Å². The van der Waals surface area contributed by atoms with Crippen molar-refractivity contribution in [3.63, 3.8) is 0 Å². The lowest BCUT2D eigenvalue weighted by atomic mass is 9.67. The summed E-state index contributed by atoms with van der Waals surface area (Å²) in [4.78, 5) is 11.5. The van der Waals surface area contributed by atoms with Crippen LogP contribution in [0, 0.1) is 0 Å². The third kappa shape index (κ3) is 3.69. The van der Waals surface area contributed by atoms with Crippen LogP contribution in [-0.2, 0) is 9.31 Å². The number of hydrogen-bond donors (Lipinski definition) is 0. The third-order valence-corrected chi connectivity index (χ3v) is 7.85. The predicted molar refractivity (Wildman–Crippen MR) is 130 cm³/mol. The van der Waals surface area contributed by atoms with Crippen LogP contribution in [0.25, 0.3) is 16.6 Å². The first-order valence-electron chi connectivity index (χ1n) is 11.0. The maximum atomic E-state index is 6.59. The molecule has 0 bridgehead atoms. The van der Waals surface area contributed by atoms with Gasteiger partial charge in [0.15, 0.2) is 0 Å². The van der Waals surface area contributed by atoms with Crippen molar-refractivity contribution < 1.29 is 9.31 Å². The Hall–Kier alpha value is -1.80. The van der Waals surface area contributed by atoms with Crippen LogP contribution in [-0.4, -0.2) is 45.9 Å². The molecule has 2 fully saturated rings. The van der Waals surface area contributed by atoms with E-state index in [0.717, 1.165) is 42.8 Å². The van der Waals surface area contributed by atoms with E-state index in [9.17, 15) is 0 Å². The number of halogens is 2. The monoisotopic (exact) mass is 472 g/mol. The summed E-state index contributed by atoms with van der Waals surface area (Å²) in [7, 11) is -0.227. The number of piperidine rings is 1. The van der Waals surface area contributed by atoms with Crippen LogP contribution in [0.5, 0.6) is 0 Å². The molecule has 0 spiro atoms. The zero-order valence-electron chi connectivity index (χ0n) is 18.8. The highest BCUT2D eigenvalue weighted by Gasteiger charge is 2.54. The van der Waals surface area contributed by atoms with Gasteiger partial charge in [0.2, 0.25) is 0 Å². The first-order valence-corrected chi connectivity index (χ1v) is 11.8. The maximum Gasteiger partial charge on any atom is 0.462 e. The van der Waals surface area contributed by atoms with Gasteiger partial charge in [0.05, 0.1) is 38.8 Å². The molecule has 4 heterocycles.